The van der Waals surface area contributed by atoms with Crippen LogP contribution in [0.5, 0.6) is 0 Å². The minimum Gasteiger partial charge on any atom is -0.350 e. The monoisotopic (exact) mass is 261 g/mol. The summed E-state index contributed by atoms with van der Waals surface area (Å²) in [7, 11) is -3.01. The summed E-state index contributed by atoms with van der Waals surface area (Å²) in [4.78, 5) is 0. The SMILES string of the molecule is CC1(C)OCC2(CO1)CN(S(=O)(=O)C1CC1)C2. The summed E-state index contributed by atoms with van der Waals surface area (Å²) in [6.07, 6.45) is 1.65. The van der Waals surface area contributed by atoms with Gasteiger partial charge in [-0.3, -0.25) is 0 Å². The van der Waals surface area contributed by atoms with E-state index in [0.29, 0.717) is 26.3 Å². The Balaban J connectivity index is 1.61. The Bertz CT molecular complexity index is 409. The predicted molar refractivity (Wildman–Crippen MR) is 61.9 cm³/mol. The van der Waals surface area contributed by atoms with Crippen LogP contribution in [0.1, 0.15) is 26.7 Å². The van der Waals surface area contributed by atoms with Gasteiger partial charge in [0.2, 0.25) is 10.0 Å². The van der Waals surface area contributed by atoms with Crippen molar-refractivity contribution < 1.29 is 17.9 Å². The van der Waals surface area contributed by atoms with Crippen molar-refractivity contribution in [3.05, 3.63) is 0 Å². The van der Waals surface area contributed by atoms with E-state index in [-0.39, 0.29) is 10.7 Å². The first-order chi connectivity index (χ1) is 7.83. The first-order valence-electron chi connectivity index (χ1n) is 6.10. The van der Waals surface area contributed by atoms with E-state index >= 15 is 0 Å². The van der Waals surface area contributed by atoms with E-state index < -0.39 is 15.8 Å². The Labute approximate surface area is 102 Å². The van der Waals surface area contributed by atoms with E-state index in [1.54, 1.807) is 4.31 Å². The van der Waals surface area contributed by atoms with Gasteiger partial charge in [0.05, 0.1) is 18.5 Å². The minimum absolute atomic E-state index is 0.0997. The average Bonchev–Trinajstić information content (AvgIpc) is 2.97. The van der Waals surface area contributed by atoms with Crippen molar-refractivity contribution in [3.8, 4) is 0 Å². The summed E-state index contributed by atoms with van der Waals surface area (Å²) in [5.74, 6) is -0.527. The summed E-state index contributed by atoms with van der Waals surface area (Å²) >= 11 is 0. The van der Waals surface area contributed by atoms with Crippen LogP contribution in [0.4, 0.5) is 0 Å². The zero-order chi connectivity index (χ0) is 12.3. The Morgan fingerprint density at radius 1 is 1.12 bits per heavy atom. The summed E-state index contributed by atoms with van der Waals surface area (Å²) in [6.45, 7) is 6.08. The number of hydrogen-bond donors (Lipinski definition) is 0. The molecule has 6 heteroatoms. The molecule has 0 aromatic rings. The van der Waals surface area contributed by atoms with E-state index in [0.717, 1.165) is 12.8 Å². The van der Waals surface area contributed by atoms with Gasteiger partial charge in [-0.25, -0.2) is 12.7 Å². The van der Waals surface area contributed by atoms with Crippen molar-refractivity contribution in [2.24, 2.45) is 5.41 Å². The molecule has 3 aliphatic rings. The third-order valence-corrected chi connectivity index (χ3v) is 6.07. The van der Waals surface area contributed by atoms with Gasteiger partial charge in [-0.05, 0) is 26.7 Å². The van der Waals surface area contributed by atoms with Crippen molar-refractivity contribution in [2.75, 3.05) is 26.3 Å². The fourth-order valence-corrected chi connectivity index (χ4v) is 4.44. The highest BCUT2D eigenvalue weighted by molar-refractivity contribution is 7.90. The van der Waals surface area contributed by atoms with Crippen molar-refractivity contribution in [2.45, 2.75) is 37.7 Å². The second-order valence-corrected chi connectivity index (χ2v) is 8.20. The lowest BCUT2D eigenvalue weighted by molar-refractivity contribution is -0.299. The molecule has 2 heterocycles. The molecular weight excluding hydrogens is 242 g/mol. The van der Waals surface area contributed by atoms with Gasteiger partial charge >= 0.3 is 0 Å². The second-order valence-electron chi connectivity index (χ2n) is 5.99. The molecule has 0 aromatic carbocycles. The Morgan fingerprint density at radius 2 is 1.65 bits per heavy atom. The number of rotatable bonds is 2. The third-order valence-electron chi connectivity index (χ3n) is 3.78. The van der Waals surface area contributed by atoms with Crippen molar-refractivity contribution >= 4 is 10.0 Å². The molecule has 0 bridgehead atoms. The zero-order valence-electron chi connectivity index (χ0n) is 10.3. The van der Waals surface area contributed by atoms with Crippen LogP contribution < -0.4 is 0 Å². The minimum atomic E-state index is -3.01. The molecule has 2 saturated heterocycles. The van der Waals surface area contributed by atoms with Gasteiger partial charge in [-0.1, -0.05) is 0 Å². The molecular formula is C11H19NO4S. The molecule has 2 aliphatic heterocycles. The standard InChI is InChI=1S/C11H19NO4S/c1-10(2)15-7-11(8-16-10)5-12(6-11)17(13,14)9-3-4-9/h9H,3-8H2,1-2H3. The van der Waals surface area contributed by atoms with E-state index in [1.807, 2.05) is 13.8 Å². The summed E-state index contributed by atoms with van der Waals surface area (Å²) in [6, 6.07) is 0. The Kier molecular flexibility index (Phi) is 2.40. The normalized spacial score (nSPS) is 32.4. The average molecular weight is 261 g/mol. The maximum absolute atomic E-state index is 12.0. The molecule has 0 atom stereocenters. The van der Waals surface area contributed by atoms with Crippen LogP contribution in [0.15, 0.2) is 0 Å². The van der Waals surface area contributed by atoms with Gasteiger partial charge in [0, 0.05) is 18.5 Å². The number of sulfonamides is 1. The fourth-order valence-electron chi connectivity index (χ4n) is 2.38. The highest BCUT2D eigenvalue weighted by Gasteiger charge is 2.54. The number of nitrogens with zero attached hydrogens (tertiary/aromatic N) is 1. The Hall–Kier alpha value is -0.170. The van der Waals surface area contributed by atoms with Gasteiger partial charge in [0.25, 0.3) is 0 Å². The molecule has 0 amide bonds. The molecule has 3 fully saturated rings. The van der Waals surface area contributed by atoms with Crippen molar-refractivity contribution in [1.82, 2.24) is 4.31 Å². The molecule has 0 aromatic heterocycles. The molecule has 0 unspecified atom stereocenters. The van der Waals surface area contributed by atoms with Crippen molar-refractivity contribution in [3.63, 3.8) is 0 Å². The third kappa shape index (κ3) is 2.01. The first kappa shape index (κ1) is 11.9. The van der Waals surface area contributed by atoms with E-state index in [1.165, 1.54) is 0 Å². The molecule has 1 saturated carbocycles. The molecule has 0 N–H and O–H groups in total. The molecule has 5 nitrogen and oxygen atoms in total. The van der Waals surface area contributed by atoms with E-state index in [4.69, 9.17) is 9.47 Å². The van der Waals surface area contributed by atoms with Crippen LogP contribution in [-0.2, 0) is 19.5 Å². The van der Waals surface area contributed by atoms with Gasteiger partial charge < -0.3 is 9.47 Å². The van der Waals surface area contributed by atoms with Gasteiger partial charge in [-0.15, -0.1) is 0 Å². The van der Waals surface area contributed by atoms with Gasteiger partial charge in [0.15, 0.2) is 5.79 Å². The fraction of sp³-hybridized carbons (Fsp3) is 1.00. The number of ether oxygens (including phenoxy) is 2. The first-order valence-corrected chi connectivity index (χ1v) is 7.60. The van der Waals surface area contributed by atoms with Gasteiger partial charge in [0.1, 0.15) is 0 Å². The highest BCUT2D eigenvalue weighted by atomic mass is 32.2. The lowest BCUT2D eigenvalue weighted by Gasteiger charge is -2.53. The molecule has 98 valence electrons. The quantitative estimate of drug-likeness (QED) is 0.729. The summed E-state index contributed by atoms with van der Waals surface area (Å²) in [5, 5.41) is -0.110. The predicted octanol–water partition coefficient (Wildman–Crippen LogP) is 0.564. The molecule has 0 radical (unpaired) electrons. The van der Waals surface area contributed by atoms with E-state index in [2.05, 4.69) is 0 Å². The largest absolute Gasteiger partial charge is 0.350 e. The maximum atomic E-state index is 12.0. The van der Waals surface area contributed by atoms with Crippen LogP contribution in [0.3, 0.4) is 0 Å². The molecule has 17 heavy (non-hydrogen) atoms. The zero-order valence-corrected chi connectivity index (χ0v) is 11.1. The highest BCUT2D eigenvalue weighted by Crippen LogP contribution is 2.42. The molecule has 1 spiro atoms. The lowest BCUT2D eigenvalue weighted by atomic mass is 9.82. The summed E-state index contributed by atoms with van der Waals surface area (Å²) in [5.41, 5.74) is -0.0997. The molecule has 3 rings (SSSR count). The Morgan fingerprint density at radius 3 is 2.12 bits per heavy atom. The molecule has 1 aliphatic carbocycles. The lowest BCUT2D eigenvalue weighted by Crippen LogP contribution is -2.66. The smallest absolute Gasteiger partial charge is 0.217 e. The maximum Gasteiger partial charge on any atom is 0.217 e. The van der Waals surface area contributed by atoms with E-state index in [9.17, 15) is 8.42 Å². The van der Waals surface area contributed by atoms with Crippen LogP contribution in [0, 0.1) is 5.41 Å². The van der Waals surface area contributed by atoms with Crippen molar-refractivity contribution in [1.29, 1.82) is 0 Å². The topological polar surface area (TPSA) is 55.8 Å². The van der Waals surface area contributed by atoms with Crippen LogP contribution in [0.25, 0.3) is 0 Å². The van der Waals surface area contributed by atoms with Gasteiger partial charge in [-0.2, -0.15) is 0 Å². The van der Waals surface area contributed by atoms with Crippen LogP contribution in [-0.4, -0.2) is 50.1 Å². The number of hydrogen-bond acceptors (Lipinski definition) is 4. The summed E-state index contributed by atoms with van der Waals surface area (Å²) < 4.78 is 36.8. The van der Waals surface area contributed by atoms with Crippen LogP contribution in [0.2, 0.25) is 0 Å². The second kappa shape index (κ2) is 3.44. The van der Waals surface area contributed by atoms with Crippen LogP contribution >= 0.6 is 0 Å².